The molecule has 15 heteroatoms. The first-order chi connectivity index (χ1) is 15.9. The van der Waals surface area contributed by atoms with Crippen molar-refractivity contribution in [3.05, 3.63) is 29.8 Å². The van der Waals surface area contributed by atoms with Gasteiger partial charge in [-0.3, -0.25) is 5.32 Å². The second-order valence-corrected chi connectivity index (χ2v) is 10.7. The topological polar surface area (TPSA) is 122 Å². The van der Waals surface area contributed by atoms with E-state index in [4.69, 9.17) is 4.74 Å². The first-order valence-electron chi connectivity index (χ1n) is 10.2. The Morgan fingerprint density at radius 2 is 1.94 bits per heavy atom. The molecular weight excluding hydrogens is 499 g/mol. The van der Waals surface area contributed by atoms with Crippen molar-refractivity contribution in [3.63, 3.8) is 0 Å². The summed E-state index contributed by atoms with van der Waals surface area (Å²) < 4.78 is 68.0. The van der Waals surface area contributed by atoms with Crippen molar-refractivity contribution >= 4 is 44.1 Å². The third-order valence-electron chi connectivity index (χ3n) is 4.87. The van der Waals surface area contributed by atoms with Gasteiger partial charge in [-0.2, -0.15) is 13.2 Å². The number of urea groups is 1. The molecule has 1 unspecified atom stereocenters. The molecular formula is C19H22F3N5O5S2. The van der Waals surface area contributed by atoms with Crippen LogP contribution in [-0.2, 0) is 20.8 Å². The Balaban J connectivity index is 1.75. The molecule has 1 atom stereocenters. The number of carbonyl (C=O) groups is 2. The Labute approximate surface area is 197 Å². The first-order valence-corrected chi connectivity index (χ1v) is 12.6. The fraction of sp³-hybridized carbons (Fsp3) is 0.474. The summed E-state index contributed by atoms with van der Waals surface area (Å²) in [5.41, 5.74) is -0.816. The number of halogens is 3. The Morgan fingerprint density at radius 3 is 2.56 bits per heavy atom. The van der Waals surface area contributed by atoms with Gasteiger partial charge in [-0.15, -0.1) is 10.2 Å². The average Bonchev–Trinajstić information content (AvgIpc) is 3.25. The number of anilines is 2. The summed E-state index contributed by atoms with van der Waals surface area (Å²) in [6.07, 6.45) is -5.36. The van der Waals surface area contributed by atoms with E-state index in [-0.39, 0.29) is 33.9 Å². The van der Waals surface area contributed by atoms with Gasteiger partial charge < -0.3 is 9.64 Å². The van der Waals surface area contributed by atoms with Gasteiger partial charge in [0.2, 0.25) is 19.3 Å². The van der Waals surface area contributed by atoms with Crippen LogP contribution in [0.4, 0.5) is 33.6 Å². The van der Waals surface area contributed by atoms with E-state index in [0.29, 0.717) is 24.2 Å². The minimum absolute atomic E-state index is 0.0565. The number of aromatic nitrogens is 2. The van der Waals surface area contributed by atoms with Crippen molar-refractivity contribution < 1.29 is 35.9 Å². The second-order valence-electron chi connectivity index (χ2n) is 7.45. The number of benzene rings is 1. The lowest BCUT2D eigenvalue weighted by Crippen LogP contribution is -2.55. The maximum Gasteiger partial charge on any atom is 0.416 e. The molecule has 2 heterocycles. The number of ether oxygens (including phenoxy) is 1. The molecule has 0 radical (unpaired) electrons. The van der Waals surface area contributed by atoms with Gasteiger partial charge in [0.15, 0.2) is 6.23 Å². The van der Waals surface area contributed by atoms with Crippen LogP contribution in [0.1, 0.15) is 31.7 Å². The molecule has 1 aromatic carbocycles. The summed E-state index contributed by atoms with van der Waals surface area (Å²) >= 11 is 0.691. The number of nitrogens with one attached hydrogen (secondary N) is 1. The van der Waals surface area contributed by atoms with Crippen molar-refractivity contribution in [2.45, 2.75) is 42.9 Å². The predicted octanol–water partition coefficient (Wildman–Crippen LogP) is 3.97. The lowest BCUT2D eigenvalue weighted by Gasteiger charge is -2.37. The fourth-order valence-electron chi connectivity index (χ4n) is 3.01. The maximum atomic E-state index is 12.8. The minimum Gasteiger partial charge on any atom is -0.425 e. The smallest absolute Gasteiger partial charge is 0.416 e. The van der Waals surface area contributed by atoms with Crippen LogP contribution in [0.15, 0.2) is 28.6 Å². The van der Waals surface area contributed by atoms with Crippen LogP contribution in [0.5, 0.6) is 0 Å². The normalized spacial score (nSPS) is 17.1. The maximum absolute atomic E-state index is 12.8. The van der Waals surface area contributed by atoms with Crippen molar-refractivity contribution in [3.8, 4) is 0 Å². The van der Waals surface area contributed by atoms with Gasteiger partial charge in [-0.1, -0.05) is 24.7 Å². The third kappa shape index (κ3) is 5.94. The SMILES string of the molecule is CCCCS(=O)(=O)c1nnc(N2C(=O)N(C)CCC2OC(=O)Nc2ccc(C(F)(F)F)cc2)s1. The highest BCUT2D eigenvalue weighted by molar-refractivity contribution is 7.93. The molecule has 0 spiro atoms. The summed E-state index contributed by atoms with van der Waals surface area (Å²) in [6, 6.07) is 3.18. The molecule has 1 aliphatic heterocycles. The van der Waals surface area contributed by atoms with Gasteiger partial charge in [-0.05, 0) is 30.7 Å². The van der Waals surface area contributed by atoms with Crippen LogP contribution >= 0.6 is 11.3 Å². The monoisotopic (exact) mass is 521 g/mol. The van der Waals surface area contributed by atoms with Crippen molar-refractivity contribution in [2.24, 2.45) is 0 Å². The molecule has 0 aliphatic carbocycles. The van der Waals surface area contributed by atoms with Crippen molar-refractivity contribution in [1.82, 2.24) is 15.1 Å². The number of hydrogen-bond acceptors (Lipinski definition) is 8. The fourth-order valence-corrected chi connectivity index (χ4v) is 5.62. The molecule has 1 fully saturated rings. The molecule has 1 aromatic heterocycles. The van der Waals surface area contributed by atoms with Crippen LogP contribution in [0, 0.1) is 0 Å². The molecule has 10 nitrogen and oxygen atoms in total. The minimum atomic E-state index is -4.52. The highest BCUT2D eigenvalue weighted by atomic mass is 32.2. The molecule has 0 saturated carbocycles. The van der Waals surface area contributed by atoms with Crippen molar-refractivity contribution in [2.75, 3.05) is 29.6 Å². The van der Waals surface area contributed by atoms with Crippen LogP contribution in [-0.4, -0.2) is 61.2 Å². The number of carbonyl (C=O) groups excluding carboxylic acids is 2. The summed E-state index contributed by atoms with van der Waals surface area (Å²) in [4.78, 5) is 27.5. The van der Waals surface area contributed by atoms with E-state index >= 15 is 0 Å². The summed E-state index contributed by atoms with van der Waals surface area (Å²) in [7, 11) is -2.15. The Kier molecular flexibility index (Phi) is 7.65. The molecule has 1 aliphatic rings. The van der Waals surface area contributed by atoms with E-state index in [9.17, 15) is 31.2 Å². The predicted molar refractivity (Wildman–Crippen MR) is 117 cm³/mol. The molecule has 2 aromatic rings. The summed E-state index contributed by atoms with van der Waals surface area (Å²) in [5.74, 6) is -0.110. The molecule has 3 amide bonds. The number of alkyl halides is 3. The summed E-state index contributed by atoms with van der Waals surface area (Å²) in [6.45, 7) is 2.09. The standard InChI is InChI=1S/C19H22F3N5O5S2/c1-3-4-11-34(30,31)17-25-24-15(33-17)27-14(9-10-26(2)18(27)29)32-16(28)23-13-7-5-12(6-8-13)19(20,21)22/h5-8,14H,3-4,9-11H2,1-2H3,(H,23,28). The van der Waals surface area contributed by atoms with Gasteiger partial charge >= 0.3 is 18.3 Å². The third-order valence-corrected chi connectivity index (χ3v) is 8.04. The average molecular weight is 522 g/mol. The zero-order valence-corrected chi connectivity index (χ0v) is 19.8. The second kappa shape index (κ2) is 10.1. The van der Waals surface area contributed by atoms with E-state index in [1.807, 2.05) is 6.92 Å². The van der Waals surface area contributed by atoms with Crippen LogP contribution < -0.4 is 10.2 Å². The van der Waals surface area contributed by atoms with Crippen LogP contribution in [0.3, 0.4) is 0 Å². The number of nitrogens with zero attached hydrogens (tertiary/aromatic N) is 4. The number of rotatable bonds is 7. The number of sulfone groups is 1. The number of hydrogen-bond donors (Lipinski definition) is 1. The highest BCUT2D eigenvalue weighted by Gasteiger charge is 2.38. The van der Waals surface area contributed by atoms with Crippen LogP contribution in [0.2, 0.25) is 0 Å². The van der Waals surface area contributed by atoms with E-state index in [0.717, 1.165) is 29.2 Å². The van der Waals surface area contributed by atoms with Gasteiger partial charge in [0.25, 0.3) is 0 Å². The van der Waals surface area contributed by atoms with E-state index in [1.165, 1.54) is 11.9 Å². The molecule has 186 valence electrons. The van der Waals surface area contributed by atoms with Crippen LogP contribution in [0.25, 0.3) is 0 Å². The van der Waals surface area contributed by atoms with Gasteiger partial charge in [-0.25, -0.2) is 22.9 Å². The Hall–Kier alpha value is -2.94. The lowest BCUT2D eigenvalue weighted by molar-refractivity contribution is -0.137. The zero-order valence-electron chi connectivity index (χ0n) is 18.2. The van der Waals surface area contributed by atoms with Gasteiger partial charge in [0, 0.05) is 25.7 Å². The number of unbranched alkanes of at least 4 members (excludes halogenated alkanes) is 1. The molecule has 1 N–H and O–H groups in total. The van der Waals surface area contributed by atoms with Crippen molar-refractivity contribution in [1.29, 1.82) is 0 Å². The number of amides is 3. The summed E-state index contributed by atoms with van der Waals surface area (Å²) in [5, 5.41) is 9.78. The lowest BCUT2D eigenvalue weighted by atomic mass is 10.2. The van der Waals surface area contributed by atoms with E-state index in [1.54, 1.807) is 0 Å². The molecule has 3 rings (SSSR count). The van der Waals surface area contributed by atoms with E-state index < -0.39 is 39.9 Å². The van der Waals surface area contributed by atoms with Gasteiger partial charge in [0.05, 0.1) is 11.3 Å². The quantitative estimate of drug-likeness (QED) is 0.547. The Bertz CT molecular complexity index is 1140. The molecule has 0 bridgehead atoms. The first kappa shape index (κ1) is 25.7. The largest absolute Gasteiger partial charge is 0.425 e. The van der Waals surface area contributed by atoms with E-state index in [2.05, 4.69) is 15.5 Å². The molecule has 34 heavy (non-hydrogen) atoms. The Morgan fingerprint density at radius 1 is 1.26 bits per heavy atom. The molecule has 1 saturated heterocycles. The zero-order chi connectivity index (χ0) is 25.1. The highest BCUT2D eigenvalue weighted by Crippen LogP contribution is 2.31. The van der Waals surface area contributed by atoms with Gasteiger partial charge in [0.1, 0.15) is 0 Å².